The molecule has 0 amide bonds. The molecular formula is C14H19FN2O2S. The lowest BCUT2D eigenvalue weighted by atomic mass is 10.2. The van der Waals surface area contributed by atoms with Crippen molar-refractivity contribution in [1.29, 1.82) is 0 Å². The van der Waals surface area contributed by atoms with Crippen LogP contribution in [0.1, 0.15) is 18.4 Å². The molecule has 1 aromatic carbocycles. The van der Waals surface area contributed by atoms with Gasteiger partial charge < -0.3 is 0 Å². The highest BCUT2D eigenvalue weighted by atomic mass is 32.2. The number of rotatable bonds is 3. The lowest BCUT2D eigenvalue weighted by Gasteiger charge is -2.36. The summed E-state index contributed by atoms with van der Waals surface area (Å²) in [5, 5.41) is 0. The average molecular weight is 298 g/mol. The Balaban J connectivity index is 1.70. The second kappa shape index (κ2) is 5.42. The summed E-state index contributed by atoms with van der Waals surface area (Å²) in [4.78, 5) is 2.38. The van der Waals surface area contributed by atoms with Crippen LogP contribution in [0.5, 0.6) is 0 Å². The second-order valence-corrected chi connectivity index (χ2v) is 7.54. The Kier molecular flexibility index (Phi) is 3.79. The van der Waals surface area contributed by atoms with Gasteiger partial charge in [0.25, 0.3) is 0 Å². The fourth-order valence-electron chi connectivity index (χ4n) is 3.10. The molecule has 2 fully saturated rings. The minimum Gasteiger partial charge on any atom is -0.298 e. The van der Waals surface area contributed by atoms with E-state index in [1.54, 1.807) is 16.4 Å². The van der Waals surface area contributed by atoms with Crippen molar-refractivity contribution in [2.24, 2.45) is 0 Å². The zero-order valence-corrected chi connectivity index (χ0v) is 12.2. The Morgan fingerprint density at radius 3 is 2.65 bits per heavy atom. The summed E-state index contributed by atoms with van der Waals surface area (Å²) in [6, 6.07) is 6.07. The first-order valence-electron chi connectivity index (χ1n) is 7.01. The van der Waals surface area contributed by atoms with E-state index in [0.29, 0.717) is 24.7 Å². The molecule has 2 heterocycles. The van der Waals surface area contributed by atoms with Gasteiger partial charge >= 0.3 is 0 Å². The number of benzene rings is 1. The van der Waals surface area contributed by atoms with E-state index in [0.717, 1.165) is 25.9 Å². The number of nitrogens with zero attached hydrogens (tertiary/aromatic N) is 2. The Labute approximate surface area is 119 Å². The molecule has 6 heteroatoms. The van der Waals surface area contributed by atoms with Crippen LogP contribution < -0.4 is 0 Å². The van der Waals surface area contributed by atoms with Gasteiger partial charge in [0.2, 0.25) is 10.0 Å². The summed E-state index contributed by atoms with van der Waals surface area (Å²) in [5.74, 6) is -0.384. The second-order valence-electron chi connectivity index (χ2n) is 5.57. The molecule has 2 saturated heterocycles. The fourth-order valence-corrected chi connectivity index (χ4v) is 4.65. The Bertz CT molecular complexity index is 573. The van der Waals surface area contributed by atoms with E-state index in [4.69, 9.17) is 0 Å². The number of hydrogen-bond acceptors (Lipinski definition) is 3. The van der Waals surface area contributed by atoms with E-state index in [1.165, 1.54) is 12.1 Å². The van der Waals surface area contributed by atoms with Crippen molar-refractivity contribution in [3.8, 4) is 0 Å². The topological polar surface area (TPSA) is 40.6 Å². The first-order valence-corrected chi connectivity index (χ1v) is 8.62. The smallest absolute Gasteiger partial charge is 0.218 e. The molecule has 0 bridgehead atoms. The molecular weight excluding hydrogens is 279 g/mol. The Morgan fingerprint density at radius 2 is 1.90 bits per heavy atom. The zero-order valence-electron chi connectivity index (χ0n) is 11.3. The fraction of sp³-hybridized carbons (Fsp3) is 0.571. The van der Waals surface area contributed by atoms with E-state index < -0.39 is 10.0 Å². The largest absolute Gasteiger partial charge is 0.298 e. The molecule has 1 atom stereocenters. The van der Waals surface area contributed by atoms with Crippen LogP contribution in [0.15, 0.2) is 24.3 Å². The van der Waals surface area contributed by atoms with Crippen molar-refractivity contribution in [3.63, 3.8) is 0 Å². The van der Waals surface area contributed by atoms with E-state index in [1.807, 2.05) is 0 Å². The average Bonchev–Trinajstić information content (AvgIpc) is 2.88. The van der Waals surface area contributed by atoms with Crippen LogP contribution in [0, 0.1) is 5.82 Å². The minimum absolute atomic E-state index is 0.0417. The summed E-state index contributed by atoms with van der Waals surface area (Å²) >= 11 is 0. The van der Waals surface area contributed by atoms with E-state index in [2.05, 4.69) is 4.90 Å². The molecule has 0 aliphatic carbocycles. The number of piperazine rings is 1. The summed E-state index contributed by atoms with van der Waals surface area (Å²) in [6.45, 7) is 3.09. The van der Waals surface area contributed by atoms with Gasteiger partial charge in [0.15, 0.2) is 0 Å². The maximum atomic E-state index is 12.9. The van der Waals surface area contributed by atoms with Gasteiger partial charge in [-0.05, 0) is 37.1 Å². The zero-order chi connectivity index (χ0) is 14.2. The van der Waals surface area contributed by atoms with Crippen LogP contribution in [0.25, 0.3) is 0 Å². The van der Waals surface area contributed by atoms with Crippen molar-refractivity contribution < 1.29 is 12.8 Å². The number of hydrogen-bond donors (Lipinski definition) is 0. The molecule has 0 radical (unpaired) electrons. The first-order chi connectivity index (χ1) is 9.54. The van der Waals surface area contributed by atoms with Crippen molar-refractivity contribution >= 4 is 10.0 Å². The standard InChI is InChI=1S/C14H19FN2O2S/c15-13-5-3-12(4-6-13)11-20(18,19)17-9-8-16-7-1-2-14(16)10-17/h3-6,14H,1-2,7-11H2/t14-/m1/s1. The quantitative estimate of drug-likeness (QED) is 0.848. The molecule has 1 aromatic rings. The monoisotopic (exact) mass is 298 g/mol. The van der Waals surface area contributed by atoms with Crippen LogP contribution in [-0.2, 0) is 15.8 Å². The van der Waals surface area contributed by atoms with Crippen molar-refractivity contribution in [1.82, 2.24) is 9.21 Å². The van der Waals surface area contributed by atoms with Gasteiger partial charge in [-0.3, -0.25) is 4.90 Å². The molecule has 4 nitrogen and oxygen atoms in total. The van der Waals surface area contributed by atoms with Crippen LogP contribution in [-0.4, -0.2) is 49.8 Å². The van der Waals surface area contributed by atoms with Gasteiger partial charge in [-0.2, -0.15) is 4.31 Å². The predicted molar refractivity (Wildman–Crippen MR) is 75.2 cm³/mol. The molecule has 0 spiro atoms. The third-order valence-corrected chi connectivity index (χ3v) is 6.02. The molecule has 0 unspecified atom stereocenters. The Hall–Kier alpha value is -0.980. The third-order valence-electron chi connectivity index (χ3n) is 4.21. The van der Waals surface area contributed by atoms with E-state index in [-0.39, 0.29) is 11.6 Å². The van der Waals surface area contributed by atoms with Crippen LogP contribution in [0.2, 0.25) is 0 Å². The van der Waals surface area contributed by atoms with Gasteiger partial charge in [-0.25, -0.2) is 12.8 Å². The third kappa shape index (κ3) is 2.87. The van der Waals surface area contributed by atoms with Gasteiger partial charge in [0.1, 0.15) is 5.82 Å². The highest BCUT2D eigenvalue weighted by molar-refractivity contribution is 7.88. The Morgan fingerprint density at radius 1 is 1.15 bits per heavy atom. The number of halogens is 1. The van der Waals surface area contributed by atoms with Crippen molar-refractivity contribution in [3.05, 3.63) is 35.6 Å². The van der Waals surface area contributed by atoms with Crippen LogP contribution >= 0.6 is 0 Å². The van der Waals surface area contributed by atoms with E-state index in [9.17, 15) is 12.8 Å². The molecule has 110 valence electrons. The highest BCUT2D eigenvalue weighted by Gasteiger charge is 2.35. The molecule has 2 aliphatic heterocycles. The minimum atomic E-state index is -3.30. The van der Waals surface area contributed by atoms with Crippen molar-refractivity contribution in [2.45, 2.75) is 24.6 Å². The first kappa shape index (κ1) is 14.0. The van der Waals surface area contributed by atoms with Gasteiger partial charge in [0, 0.05) is 25.7 Å². The summed E-state index contributed by atoms with van der Waals surface area (Å²) < 4.78 is 39.3. The summed E-state index contributed by atoms with van der Waals surface area (Å²) in [6.07, 6.45) is 2.25. The number of sulfonamides is 1. The summed E-state index contributed by atoms with van der Waals surface area (Å²) in [5.41, 5.74) is 0.639. The molecule has 0 N–H and O–H groups in total. The van der Waals surface area contributed by atoms with Crippen molar-refractivity contribution in [2.75, 3.05) is 26.2 Å². The normalized spacial score (nSPS) is 24.8. The van der Waals surface area contributed by atoms with Gasteiger partial charge in [0.05, 0.1) is 5.75 Å². The molecule has 3 rings (SSSR count). The van der Waals surface area contributed by atoms with Gasteiger partial charge in [-0.15, -0.1) is 0 Å². The molecule has 0 saturated carbocycles. The van der Waals surface area contributed by atoms with Crippen LogP contribution in [0.4, 0.5) is 4.39 Å². The lowest BCUT2D eigenvalue weighted by molar-refractivity contribution is 0.158. The predicted octanol–water partition coefficient (Wildman–Crippen LogP) is 1.44. The SMILES string of the molecule is O=S(=O)(Cc1ccc(F)cc1)N1CCN2CCC[C@@H]2C1. The highest BCUT2D eigenvalue weighted by Crippen LogP contribution is 2.24. The molecule has 2 aliphatic rings. The summed E-state index contributed by atoms with van der Waals surface area (Å²) in [7, 11) is -3.30. The van der Waals surface area contributed by atoms with Gasteiger partial charge in [-0.1, -0.05) is 12.1 Å². The molecule has 0 aromatic heterocycles. The lowest BCUT2D eigenvalue weighted by Crippen LogP contribution is -2.52. The maximum absolute atomic E-state index is 12.9. The maximum Gasteiger partial charge on any atom is 0.218 e. The van der Waals surface area contributed by atoms with Crippen LogP contribution in [0.3, 0.4) is 0 Å². The molecule has 20 heavy (non-hydrogen) atoms. The van der Waals surface area contributed by atoms with E-state index >= 15 is 0 Å². The number of fused-ring (bicyclic) bond motifs is 1.